The minimum atomic E-state index is -4.58. The van der Waals surface area contributed by atoms with Crippen molar-refractivity contribution in [3.8, 4) is 28.7 Å². The molecule has 0 saturated carbocycles. The van der Waals surface area contributed by atoms with Crippen molar-refractivity contribution in [3.63, 3.8) is 0 Å². The molecule has 4 aromatic rings. The number of hydrogen-bond donors (Lipinski definition) is 1. The van der Waals surface area contributed by atoms with Crippen LogP contribution in [0.25, 0.3) is 10.9 Å². The Labute approximate surface area is 227 Å². The van der Waals surface area contributed by atoms with Crippen molar-refractivity contribution in [1.29, 1.82) is 0 Å². The van der Waals surface area contributed by atoms with Crippen LogP contribution in [0.5, 0.6) is 28.7 Å². The Balaban J connectivity index is 1.50. The smallest absolute Gasteiger partial charge is 0.422 e. The highest BCUT2D eigenvalue weighted by molar-refractivity contribution is 6.04. The van der Waals surface area contributed by atoms with Crippen LogP contribution in [0, 0.1) is 0 Å². The summed E-state index contributed by atoms with van der Waals surface area (Å²) in [5, 5.41) is 7.32. The van der Waals surface area contributed by atoms with Crippen molar-refractivity contribution in [2.24, 2.45) is 0 Å². The van der Waals surface area contributed by atoms with Crippen LogP contribution in [0.4, 0.5) is 19.0 Å². The fraction of sp³-hybridized carbons (Fsp3) is 0.308. The van der Waals surface area contributed by atoms with Crippen LogP contribution >= 0.6 is 0 Å². The summed E-state index contributed by atoms with van der Waals surface area (Å²) in [5.74, 6) is 0.950. The quantitative estimate of drug-likeness (QED) is 0.285. The lowest BCUT2D eigenvalue weighted by Crippen LogP contribution is -2.21. The van der Waals surface area contributed by atoms with E-state index in [1.165, 1.54) is 37.4 Å². The first kappa shape index (κ1) is 28.4. The van der Waals surface area contributed by atoms with Crippen LogP contribution in [0.2, 0.25) is 0 Å². The van der Waals surface area contributed by atoms with Gasteiger partial charge in [0.25, 0.3) is 5.91 Å². The highest BCUT2D eigenvalue weighted by Crippen LogP contribution is 2.36. The molecule has 3 heterocycles. The van der Waals surface area contributed by atoms with Gasteiger partial charge in [-0.3, -0.25) is 14.5 Å². The number of ether oxygens (including phenoxy) is 4. The van der Waals surface area contributed by atoms with Gasteiger partial charge in [-0.05, 0) is 38.4 Å². The second kappa shape index (κ2) is 12.1. The first-order valence-corrected chi connectivity index (χ1v) is 11.9. The third kappa shape index (κ3) is 7.08. The summed E-state index contributed by atoms with van der Waals surface area (Å²) < 4.78 is 61.1. The summed E-state index contributed by atoms with van der Waals surface area (Å²) in [6, 6.07) is 8.21. The van der Waals surface area contributed by atoms with Gasteiger partial charge in [0.2, 0.25) is 0 Å². The molecule has 4 rings (SSSR count). The summed E-state index contributed by atoms with van der Waals surface area (Å²) in [6.07, 6.45) is -0.340. The lowest BCUT2D eigenvalue weighted by Gasteiger charge is -2.12. The number of rotatable bonds is 11. The summed E-state index contributed by atoms with van der Waals surface area (Å²) in [4.78, 5) is 23.3. The van der Waals surface area contributed by atoms with Gasteiger partial charge >= 0.3 is 6.18 Å². The van der Waals surface area contributed by atoms with Crippen molar-refractivity contribution in [3.05, 3.63) is 54.6 Å². The Morgan fingerprint density at radius 3 is 2.42 bits per heavy atom. The molecule has 11 nitrogen and oxygen atoms in total. The molecule has 14 heteroatoms. The van der Waals surface area contributed by atoms with Crippen LogP contribution in [-0.4, -0.2) is 78.2 Å². The van der Waals surface area contributed by atoms with E-state index in [0.29, 0.717) is 47.0 Å². The number of nitrogens with zero attached hydrogens (tertiary/aromatic N) is 5. The van der Waals surface area contributed by atoms with Gasteiger partial charge in [0.05, 0.1) is 38.7 Å². The molecule has 0 spiro atoms. The van der Waals surface area contributed by atoms with Crippen molar-refractivity contribution >= 4 is 22.6 Å². The van der Waals surface area contributed by atoms with E-state index in [9.17, 15) is 18.0 Å². The lowest BCUT2D eigenvalue weighted by atomic mass is 10.2. The Hall–Kier alpha value is -4.59. The van der Waals surface area contributed by atoms with Gasteiger partial charge in [0.15, 0.2) is 29.5 Å². The maximum absolute atomic E-state index is 12.9. The summed E-state index contributed by atoms with van der Waals surface area (Å²) in [6.45, 7) is -0.661. The monoisotopic (exact) mass is 560 g/mol. The standard InChI is InChI=1S/C26H27F3N6O5/c1-34(2)9-10-35-14-22(39-15-26(27,28)29)24(33-35)25(36)32-23-6-5-16(13-31-23)40-19-7-8-30-18-12-21(38-4)20(37-3)11-17(18)19/h5-8,11-14H,9-10,15H2,1-4H3,(H,31,32,36). The number of alkyl halides is 3. The SMILES string of the molecule is COc1cc2nccc(Oc3ccc(NC(=O)c4nn(CCN(C)C)cc4OCC(F)(F)F)nc3)c2cc1OC. The molecule has 212 valence electrons. The average Bonchev–Trinajstić information content (AvgIpc) is 3.34. The number of aromatic nitrogens is 4. The Morgan fingerprint density at radius 1 is 1.02 bits per heavy atom. The molecule has 0 bridgehead atoms. The molecular weight excluding hydrogens is 533 g/mol. The molecule has 0 aliphatic heterocycles. The van der Waals surface area contributed by atoms with E-state index in [2.05, 4.69) is 20.4 Å². The van der Waals surface area contributed by atoms with E-state index in [1.54, 1.807) is 30.5 Å². The number of anilines is 1. The maximum Gasteiger partial charge on any atom is 0.422 e. The predicted octanol–water partition coefficient (Wildman–Crippen LogP) is 4.39. The number of fused-ring (bicyclic) bond motifs is 1. The Kier molecular flexibility index (Phi) is 8.58. The highest BCUT2D eigenvalue weighted by atomic mass is 19.4. The number of methoxy groups -OCH3 is 2. The number of hydrogen-bond acceptors (Lipinski definition) is 9. The van der Waals surface area contributed by atoms with Crippen LogP contribution in [-0.2, 0) is 6.54 Å². The Bertz CT molecular complexity index is 1470. The minimum absolute atomic E-state index is 0.132. The molecule has 1 aromatic carbocycles. The molecule has 1 amide bonds. The van der Waals surface area contributed by atoms with Gasteiger partial charge in [-0.1, -0.05) is 0 Å². The first-order chi connectivity index (χ1) is 19.1. The normalized spacial score (nSPS) is 11.5. The van der Waals surface area contributed by atoms with E-state index in [4.69, 9.17) is 18.9 Å². The van der Waals surface area contributed by atoms with Crippen LogP contribution in [0.3, 0.4) is 0 Å². The zero-order valence-electron chi connectivity index (χ0n) is 22.2. The number of carbonyl (C=O) groups is 1. The number of nitrogens with one attached hydrogen (secondary N) is 1. The van der Waals surface area contributed by atoms with E-state index in [-0.39, 0.29) is 17.3 Å². The fourth-order valence-corrected chi connectivity index (χ4v) is 3.60. The number of amides is 1. The highest BCUT2D eigenvalue weighted by Gasteiger charge is 2.30. The molecule has 0 aliphatic rings. The van der Waals surface area contributed by atoms with Gasteiger partial charge in [0.1, 0.15) is 17.3 Å². The number of pyridine rings is 2. The van der Waals surface area contributed by atoms with Gasteiger partial charge in [-0.25, -0.2) is 4.98 Å². The van der Waals surface area contributed by atoms with Crippen LogP contribution in [0.15, 0.2) is 48.9 Å². The molecule has 3 aromatic heterocycles. The average molecular weight is 561 g/mol. The van der Waals surface area contributed by atoms with Gasteiger partial charge in [0, 0.05) is 24.2 Å². The Morgan fingerprint density at radius 2 is 1.77 bits per heavy atom. The van der Waals surface area contributed by atoms with Crippen molar-refractivity contribution in [2.45, 2.75) is 12.7 Å². The van der Waals surface area contributed by atoms with E-state index >= 15 is 0 Å². The van der Waals surface area contributed by atoms with Crippen molar-refractivity contribution in [1.82, 2.24) is 24.6 Å². The molecule has 0 fully saturated rings. The first-order valence-electron chi connectivity index (χ1n) is 11.9. The second-order valence-electron chi connectivity index (χ2n) is 8.78. The van der Waals surface area contributed by atoms with E-state index < -0.39 is 18.7 Å². The molecule has 0 unspecified atom stereocenters. The molecule has 0 saturated heterocycles. The van der Waals surface area contributed by atoms with Crippen LogP contribution < -0.4 is 24.3 Å². The van der Waals surface area contributed by atoms with Crippen molar-refractivity contribution in [2.75, 3.05) is 46.8 Å². The number of likely N-dealkylation sites (N-methyl/N-ethyl adjacent to an activating group) is 1. The van der Waals surface area contributed by atoms with Gasteiger partial charge in [-0.2, -0.15) is 18.3 Å². The topological polar surface area (TPSA) is 113 Å². The lowest BCUT2D eigenvalue weighted by molar-refractivity contribution is -0.153. The molecule has 0 aliphatic carbocycles. The largest absolute Gasteiger partial charge is 0.493 e. The fourth-order valence-electron chi connectivity index (χ4n) is 3.60. The van der Waals surface area contributed by atoms with Crippen LogP contribution in [0.1, 0.15) is 10.5 Å². The summed E-state index contributed by atoms with van der Waals surface area (Å²) in [7, 11) is 6.73. The van der Waals surface area contributed by atoms with Gasteiger partial charge in [-0.15, -0.1) is 0 Å². The predicted molar refractivity (Wildman–Crippen MR) is 139 cm³/mol. The van der Waals surface area contributed by atoms with Crippen molar-refractivity contribution < 1.29 is 36.9 Å². The third-order valence-corrected chi connectivity index (χ3v) is 5.52. The zero-order valence-corrected chi connectivity index (χ0v) is 22.2. The molecule has 0 radical (unpaired) electrons. The second-order valence-corrected chi connectivity index (χ2v) is 8.78. The van der Waals surface area contributed by atoms with Gasteiger partial charge < -0.3 is 29.2 Å². The summed E-state index contributed by atoms with van der Waals surface area (Å²) >= 11 is 0. The number of carbonyl (C=O) groups excluding carboxylic acids is 1. The molecule has 0 atom stereocenters. The molecule has 40 heavy (non-hydrogen) atoms. The third-order valence-electron chi connectivity index (χ3n) is 5.52. The summed E-state index contributed by atoms with van der Waals surface area (Å²) in [5.41, 5.74) is 0.332. The molecule has 1 N–H and O–H groups in total. The van der Waals surface area contributed by atoms with E-state index in [1.807, 2.05) is 19.0 Å². The zero-order chi connectivity index (χ0) is 28.9. The number of benzene rings is 1. The van der Waals surface area contributed by atoms with E-state index in [0.717, 1.165) is 0 Å². The number of halogens is 3. The maximum atomic E-state index is 12.9. The minimum Gasteiger partial charge on any atom is -0.493 e. The molecular formula is C26H27F3N6O5.